The number of aryl methyl sites for hydroxylation is 1. The molecule has 8 heteroatoms. The molecule has 0 aromatic carbocycles. The number of carbonyl (C=O) groups is 2. The average molecular weight is 329 g/mol. The summed E-state index contributed by atoms with van der Waals surface area (Å²) in [5.41, 5.74) is 1.10. The molecule has 0 saturated heterocycles. The van der Waals surface area contributed by atoms with Gasteiger partial charge in [0.2, 0.25) is 0 Å². The predicted octanol–water partition coefficient (Wildman–Crippen LogP) is 1.68. The van der Waals surface area contributed by atoms with Gasteiger partial charge in [0.15, 0.2) is 11.6 Å². The standard InChI is InChI=1S/C16H19N5O3/c1-3-7-17-15(22)13-11-6-4-5-8-21(11)14(19-13)16(23)18-12-9-10(2)24-20-12/h3,9H,1,4-8H2,2H3,(H,17,22)(H,18,20,23). The van der Waals surface area contributed by atoms with Crippen molar-refractivity contribution in [1.29, 1.82) is 0 Å². The van der Waals surface area contributed by atoms with Crippen LogP contribution in [0.5, 0.6) is 0 Å². The number of imidazole rings is 1. The summed E-state index contributed by atoms with van der Waals surface area (Å²) >= 11 is 0. The number of nitrogens with one attached hydrogen (secondary N) is 2. The third kappa shape index (κ3) is 3.08. The molecule has 126 valence electrons. The Kier molecular flexibility index (Phi) is 4.45. The van der Waals surface area contributed by atoms with Gasteiger partial charge < -0.3 is 19.7 Å². The molecule has 0 atom stereocenters. The van der Waals surface area contributed by atoms with Gasteiger partial charge in [-0.25, -0.2) is 4.98 Å². The Bertz CT molecular complexity index is 790. The number of rotatable bonds is 5. The van der Waals surface area contributed by atoms with Gasteiger partial charge in [0.1, 0.15) is 11.5 Å². The molecule has 2 aromatic heterocycles. The molecule has 0 unspecified atom stereocenters. The third-order valence-corrected chi connectivity index (χ3v) is 3.81. The van der Waals surface area contributed by atoms with Crippen LogP contribution in [-0.4, -0.2) is 33.1 Å². The summed E-state index contributed by atoms with van der Waals surface area (Å²) in [7, 11) is 0. The largest absolute Gasteiger partial charge is 0.360 e. The van der Waals surface area contributed by atoms with Crippen LogP contribution in [0.2, 0.25) is 0 Å². The van der Waals surface area contributed by atoms with Crippen molar-refractivity contribution in [3.05, 3.63) is 41.7 Å². The van der Waals surface area contributed by atoms with E-state index in [1.54, 1.807) is 19.1 Å². The van der Waals surface area contributed by atoms with E-state index < -0.39 is 5.91 Å². The molecule has 0 aliphatic carbocycles. The van der Waals surface area contributed by atoms with Crippen molar-refractivity contribution in [3.8, 4) is 0 Å². The van der Waals surface area contributed by atoms with Crippen LogP contribution < -0.4 is 10.6 Å². The van der Waals surface area contributed by atoms with Crippen LogP contribution in [0.1, 0.15) is 45.4 Å². The molecule has 0 saturated carbocycles. The molecule has 3 rings (SSSR count). The number of nitrogens with zero attached hydrogens (tertiary/aromatic N) is 3. The van der Waals surface area contributed by atoms with Crippen molar-refractivity contribution in [2.24, 2.45) is 0 Å². The van der Waals surface area contributed by atoms with Crippen LogP contribution in [0.3, 0.4) is 0 Å². The molecule has 2 amide bonds. The minimum Gasteiger partial charge on any atom is -0.360 e. The second-order valence-corrected chi connectivity index (χ2v) is 5.62. The van der Waals surface area contributed by atoms with Gasteiger partial charge in [-0.15, -0.1) is 6.58 Å². The summed E-state index contributed by atoms with van der Waals surface area (Å²) in [5.74, 6) is 0.434. The summed E-state index contributed by atoms with van der Waals surface area (Å²) in [6.45, 7) is 6.33. The van der Waals surface area contributed by atoms with E-state index in [0.717, 1.165) is 25.0 Å². The van der Waals surface area contributed by atoms with E-state index in [4.69, 9.17) is 4.52 Å². The van der Waals surface area contributed by atoms with Gasteiger partial charge in [0.05, 0.1) is 5.69 Å². The number of carbonyl (C=O) groups excluding carboxylic acids is 2. The molecule has 0 spiro atoms. The van der Waals surface area contributed by atoms with Crippen LogP contribution in [0.25, 0.3) is 0 Å². The Hall–Kier alpha value is -2.90. The molecule has 1 aliphatic heterocycles. The molecule has 2 aromatic rings. The first-order valence-electron chi connectivity index (χ1n) is 7.83. The smallest absolute Gasteiger partial charge is 0.292 e. The average Bonchev–Trinajstić information content (AvgIpc) is 3.16. The first-order valence-corrected chi connectivity index (χ1v) is 7.83. The topological polar surface area (TPSA) is 102 Å². The van der Waals surface area contributed by atoms with Crippen LogP contribution in [-0.2, 0) is 13.0 Å². The summed E-state index contributed by atoms with van der Waals surface area (Å²) in [4.78, 5) is 29.1. The number of fused-ring (bicyclic) bond motifs is 1. The molecule has 2 N–H and O–H groups in total. The monoisotopic (exact) mass is 329 g/mol. The molecule has 24 heavy (non-hydrogen) atoms. The molecule has 0 radical (unpaired) electrons. The summed E-state index contributed by atoms with van der Waals surface area (Å²) in [6.07, 6.45) is 4.23. The molecule has 1 aliphatic rings. The Balaban J connectivity index is 1.89. The van der Waals surface area contributed by atoms with Gasteiger partial charge >= 0.3 is 0 Å². The van der Waals surface area contributed by atoms with E-state index >= 15 is 0 Å². The SMILES string of the molecule is C=CCNC(=O)c1nc(C(=O)Nc2cc(C)on2)n2c1CCCC2. The van der Waals surface area contributed by atoms with E-state index in [1.807, 2.05) is 4.57 Å². The van der Waals surface area contributed by atoms with Gasteiger partial charge in [0, 0.05) is 19.2 Å². The highest BCUT2D eigenvalue weighted by Crippen LogP contribution is 2.22. The lowest BCUT2D eigenvalue weighted by atomic mass is 10.1. The van der Waals surface area contributed by atoms with Gasteiger partial charge in [-0.2, -0.15) is 0 Å². The van der Waals surface area contributed by atoms with Gasteiger partial charge in [-0.1, -0.05) is 11.2 Å². The number of anilines is 1. The van der Waals surface area contributed by atoms with Crippen LogP contribution >= 0.6 is 0 Å². The molecule has 0 fully saturated rings. The first-order chi connectivity index (χ1) is 11.6. The Morgan fingerprint density at radius 2 is 2.25 bits per heavy atom. The van der Waals surface area contributed by atoms with Crippen LogP contribution in [0, 0.1) is 6.92 Å². The maximum absolute atomic E-state index is 12.5. The maximum Gasteiger partial charge on any atom is 0.292 e. The highest BCUT2D eigenvalue weighted by atomic mass is 16.5. The molecular weight excluding hydrogens is 310 g/mol. The van der Waals surface area contributed by atoms with E-state index in [1.165, 1.54) is 0 Å². The third-order valence-electron chi connectivity index (χ3n) is 3.81. The van der Waals surface area contributed by atoms with Gasteiger partial charge in [0.25, 0.3) is 11.8 Å². The molecular formula is C16H19N5O3. The fraction of sp³-hybridized carbons (Fsp3) is 0.375. The fourth-order valence-electron chi connectivity index (χ4n) is 2.74. The zero-order chi connectivity index (χ0) is 17.1. The quantitative estimate of drug-likeness (QED) is 0.813. The molecule has 0 bridgehead atoms. The Morgan fingerprint density at radius 1 is 1.42 bits per heavy atom. The zero-order valence-corrected chi connectivity index (χ0v) is 13.5. The number of amides is 2. The highest BCUT2D eigenvalue weighted by molar-refractivity contribution is 6.03. The lowest BCUT2D eigenvalue weighted by Crippen LogP contribution is -2.25. The van der Waals surface area contributed by atoms with Crippen molar-refractivity contribution in [2.45, 2.75) is 32.7 Å². The fourth-order valence-corrected chi connectivity index (χ4v) is 2.74. The number of hydrogen-bond donors (Lipinski definition) is 2. The summed E-state index contributed by atoms with van der Waals surface area (Å²) in [5, 5.41) is 9.10. The van der Waals surface area contributed by atoms with Crippen molar-refractivity contribution in [1.82, 2.24) is 20.0 Å². The highest BCUT2D eigenvalue weighted by Gasteiger charge is 2.27. The minimum absolute atomic E-state index is 0.217. The maximum atomic E-state index is 12.5. The van der Waals surface area contributed by atoms with E-state index in [-0.39, 0.29) is 11.7 Å². The van der Waals surface area contributed by atoms with Crippen molar-refractivity contribution in [3.63, 3.8) is 0 Å². The van der Waals surface area contributed by atoms with Crippen LogP contribution in [0.4, 0.5) is 5.82 Å². The van der Waals surface area contributed by atoms with E-state index in [9.17, 15) is 9.59 Å². The second kappa shape index (κ2) is 6.69. The number of hydrogen-bond acceptors (Lipinski definition) is 5. The number of aromatic nitrogens is 3. The normalized spacial score (nSPS) is 13.2. The van der Waals surface area contributed by atoms with E-state index in [0.29, 0.717) is 30.4 Å². The van der Waals surface area contributed by atoms with Gasteiger partial charge in [-0.3, -0.25) is 9.59 Å². The van der Waals surface area contributed by atoms with Crippen molar-refractivity contribution in [2.75, 3.05) is 11.9 Å². The lowest BCUT2D eigenvalue weighted by Gasteiger charge is -2.16. The van der Waals surface area contributed by atoms with Gasteiger partial charge in [-0.05, 0) is 26.2 Å². The second-order valence-electron chi connectivity index (χ2n) is 5.62. The first kappa shape index (κ1) is 16.0. The lowest BCUT2D eigenvalue weighted by molar-refractivity contribution is 0.0952. The summed E-state index contributed by atoms with van der Waals surface area (Å²) in [6, 6.07) is 1.62. The van der Waals surface area contributed by atoms with Crippen molar-refractivity contribution < 1.29 is 14.1 Å². The Labute approximate surface area is 138 Å². The predicted molar refractivity (Wildman–Crippen MR) is 86.9 cm³/mol. The molecule has 3 heterocycles. The minimum atomic E-state index is -0.408. The zero-order valence-electron chi connectivity index (χ0n) is 13.5. The Morgan fingerprint density at radius 3 is 2.96 bits per heavy atom. The van der Waals surface area contributed by atoms with Crippen molar-refractivity contribution >= 4 is 17.6 Å². The summed E-state index contributed by atoms with van der Waals surface area (Å²) < 4.78 is 6.75. The van der Waals surface area contributed by atoms with E-state index in [2.05, 4.69) is 27.4 Å². The van der Waals surface area contributed by atoms with Crippen LogP contribution in [0.15, 0.2) is 23.2 Å². The molecule has 8 nitrogen and oxygen atoms in total.